The van der Waals surface area contributed by atoms with Crippen LogP contribution in [0.1, 0.15) is 5.82 Å². The number of anilines is 1. The Morgan fingerprint density at radius 2 is 1.96 bits per heavy atom. The van der Waals surface area contributed by atoms with Gasteiger partial charge in [-0.15, -0.1) is 5.10 Å². The van der Waals surface area contributed by atoms with Crippen molar-refractivity contribution in [3.05, 3.63) is 36.4 Å². The van der Waals surface area contributed by atoms with E-state index in [2.05, 4.69) is 20.1 Å². The molecule has 25 heavy (non-hydrogen) atoms. The molecule has 0 spiro atoms. The Morgan fingerprint density at radius 3 is 2.72 bits per heavy atom. The van der Waals surface area contributed by atoms with Crippen molar-refractivity contribution >= 4 is 22.6 Å². The Hall–Kier alpha value is -3.17. The summed E-state index contributed by atoms with van der Waals surface area (Å²) in [6, 6.07) is 5.12. The molecule has 4 aromatic rings. The second-order valence-electron chi connectivity index (χ2n) is 5.58. The number of hydrogen-bond acceptors (Lipinski definition) is 5. The summed E-state index contributed by atoms with van der Waals surface area (Å²) in [5.74, 6) is 0.381. The Kier molecular flexibility index (Phi) is 3.17. The number of hydrogen-bond donors (Lipinski definition) is 1. The van der Waals surface area contributed by atoms with Crippen LogP contribution in [0.4, 0.5) is 19.1 Å². The summed E-state index contributed by atoms with van der Waals surface area (Å²) >= 11 is 0. The van der Waals surface area contributed by atoms with Crippen LogP contribution in [0.5, 0.6) is 0 Å². The van der Waals surface area contributed by atoms with Crippen LogP contribution >= 0.6 is 0 Å². The first-order valence-corrected chi connectivity index (χ1v) is 7.33. The Bertz CT molecular complexity index is 1090. The monoisotopic (exact) mass is 347 g/mol. The third-order valence-corrected chi connectivity index (χ3v) is 3.83. The molecule has 0 radical (unpaired) electrons. The number of rotatable bonds is 2. The van der Waals surface area contributed by atoms with E-state index in [1.807, 2.05) is 0 Å². The van der Waals surface area contributed by atoms with E-state index in [-0.39, 0.29) is 17.4 Å². The number of nitrogens with zero attached hydrogens (tertiary/aromatic N) is 6. The predicted molar refractivity (Wildman–Crippen MR) is 84.7 cm³/mol. The second kappa shape index (κ2) is 5.16. The van der Waals surface area contributed by atoms with Crippen LogP contribution in [0.3, 0.4) is 0 Å². The fourth-order valence-corrected chi connectivity index (χ4v) is 2.76. The normalized spacial score (nSPS) is 12.3. The van der Waals surface area contributed by atoms with Crippen molar-refractivity contribution in [1.29, 1.82) is 0 Å². The lowest BCUT2D eigenvalue weighted by molar-refractivity contribution is -0.140. The van der Waals surface area contributed by atoms with Gasteiger partial charge in [0, 0.05) is 11.8 Å². The first-order chi connectivity index (χ1) is 11.8. The summed E-state index contributed by atoms with van der Waals surface area (Å²) in [5.41, 5.74) is 8.00. The van der Waals surface area contributed by atoms with Crippen molar-refractivity contribution in [3.63, 3.8) is 0 Å². The van der Waals surface area contributed by atoms with Gasteiger partial charge in [0.25, 0.3) is 0 Å². The molecule has 4 rings (SSSR count). The average molecular weight is 347 g/mol. The van der Waals surface area contributed by atoms with Crippen LogP contribution < -0.4 is 5.73 Å². The Labute approximate surface area is 138 Å². The molecule has 0 aliphatic carbocycles. The number of nitrogen functional groups attached to an aromatic ring is 1. The molecule has 0 unspecified atom stereocenters. The van der Waals surface area contributed by atoms with E-state index < -0.39 is 12.7 Å². The van der Waals surface area contributed by atoms with Gasteiger partial charge in [-0.3, -0.25) is 0 Å². The van der Waals surface area contributed by atoms with Gasteiger partial charge >= 0.3 is 6.18 Å². The van der Waals surface area contributed by atoms with Gasteiger partial charge in [-0.25, -0.2) is 19.5 Å². The summed E-state index contributed by atoms with van der Waals surface area (Å²) < 4.78 is 41.1. The molecule has 0 aliphatic heterocycles. The number of halogens is 3. The highest BCUT2D eigenvalue weighted by atomic mass is 19.4. The van der Waals surface area contributed by atoms with Gasteiger partial charge in [-0.2, -0.15) is 13.2 Å². The fraction of sp³-hybridized carbons (Fsp3) is 0.200. The quantitative estimate of drug-likeness (QED) is 0.602. The van der Waals surface area contributed by atoms with E-state index in [9.17, 15) is 13.2 Å². The first kappa shape index (κ1) is 15.4. The van der Waals surface area contributed by atoms with Gasteiger partial charge in [-0.05, 0) is 25.1 Å². The molecular weight excluding hydrogens is 335 g/mol. The van der Waals surface area contributed by atoms with Crippen molar-refractivity contribution in [2.75, 3.05) is 5.73 Å². The number of aryl methyl sites for hydroxylation is 1. The molecule has 128 valence electrons. The lowest BCUT2D eigenvalue weighted by Gasteiger charge is -2.10. The van der Waals surface area contributed by atoms with Crippen molar-refractivity contribution < 1.29 is 13.2 Å². The number of nitrogens with two attached hydrogens (primary N) is 1. The number of fused-ring (bicyclic) bond motifs is 2. The van der Waals surface area contributed by atoms with Gasteiger partial charge in [0.1, 0.15) is 17.9 Å². The smallest absolute Gasteiger partial charge is 0.367 e. The maximum absolute atomic E-state index is 12.8. The minimum atomic E-state index is -4.36. The van der Waals surface area contributed by atoms with E-state index in [4.69, 9.17) is 5.73 Å². The summed E-state index contributed by atoms with van der Waals surface area (Å²) in [6.45, 7) is 0.388. The Morgan fingerprint density at radius 1 is 1.16 bits per heavy atom. The highest BCUT2D eigenvalue weighted by Gasteiger charge is 2.30. The summed E-state index contributed by atoms with van der Waals surface area (Å²) in [5, 5.41) is 4.04. The van der Waals surface area contributed by atoms with Crippen molar-refractivity contribution in [2.24, 2.45) is 0 Å². The van der Waals surface area contributed by atoms with E-state index in [0.717, 1.165) is 4.57 Å². The summed E-state index contributed by atoms with van der Waals surface area (Å²) in [7, 11) is 0. The SMILES string of the molecule is Cc1nc2ccc(-c3ccn4nc(N)ncc34)nc2n1CC(F)(F)F. The minimum Gasteiger partial charge on any atom is -0.367 e. The van der Waals surface area contributed by atoms with Crippen LogP contribution in [0.15, 0.2) is 30.6 Å². The maximum atomic E-state index is 12.8. The molecule has 0 fully saturated rings. The van der Waals surface area contributed by atoms with Crippen LogP contribution in [-0.4, -0.2) is 35.3 Å². The molecule has 4 aromatic heterocycles. The van der Waals surface area contributed by atoms with Crippen molar-refractivity contribution in [3.8, 4) is 11.3 Å². The third kappa shape index (κ3) is 2.65. The Balaban J connectivity index is 1.89. The third-order valence-electron chi connectivity index (χ3n) is 3.83. The average Bonchev–Trinajstić information content (AvgIpc) is 3.07. The zero-order valence-corrected chi connectivity index (χ0v) is 13.0. The largest absolute Gasteiger partial charge is 0.406 e. The minimum absolute atomic E-state index is 0.122. The van der Waals surface area contributed by atoms with Crippen LogP contribution in [0.25, 0.3) is 27.9 Å². The zero-order chi connectivity index (χ0) is 17.8. The van der Waals surface area contributed by atoms with Crippen LogP contribution in [0, 0.1) is 6.92 Å². The molecule has 0 aliphatic rings. The molecule has 0 saturated heterocycles. The predicted octanol–water partition coefficient (Wildman–Crippen LogP) is 2.59. The lowest BCUT2D eigenvalue weighted by Crippen LogP contribution is -2.18. The van der Waals surface area contributed by atoms with E-state index in [1.54, 1.807) is 35.1 Å². The molecule has 0 aromatic carbocycles. The van der Waals surface area contributed by atoms with E-state index in [0.29, 0.717) is 22.3 Å². The number of imidazole rings is 1. The molecule has 7 nitrogen and oxygen atoms in total. The van der Waals surface area contributed by atoms with Crippen molar-refractivity contribution in [1.82, 2.24) is 29.1 Å². The molecule has 2 N–H and O–H groups in total. The number of aromatic nitrogens is 6. The van der Waals surface area contributed by atoms with Crippen molar-refractivity contribution in [2.45, 2.75) is 19.6 Å². The van der Waals surface area contributed by atoms with Gasteiger partial charge in [-0.1, -0.05) is 0 Å². The first-order valence-electron chi connectivity index (χ1n) is 7.33. The summed E-state index contributed by atoms with van der Waals surface area (Å²) in [6.07, 6.45) is -1.13. The zero-order valence-electron chi connectivity index (χ0n) is 13.0. The number of alkyl halides is 3. The lowest BCUT2D eigenvalue weighted by atomic mass is 10.2. The highest BCUT2D eigenvalue weighted by molar-refractivity contribution is 5.82. The highest BCUT2D eigenvalue weighted by Crippen LogP contribution is 2.27. The number of pyridine rings is 1. The summed E-state index contributed by atoms with van der Waals surface area (Å²) in [4.78, 5) is 12.5. The molecule has 0 bridgehead atoms. The second-order valence-corrected chi connectivity index (χ2v) is 5.58. The van der Waals surface area contributed by atoms with E-state index in [1.165, 1.54) is 6.92 Å². The molecule has 0 atom stereocenters. The van der Waals surface area contributed by atoms with Crippen LogP contribution in [0.2, 0.25) is 0 Å². The molecule has 0 amide bonds. The molecule has 10 heteroatoms. The van der Waals surface area contributed by atoms with Gasteiger partial charge in [0.15, 0.2) is 5.65 Å². The standard InChI is InChI=1S/C15H12F3N7/c1-8-21-11-3-2-10(22-13(11)24(8)7-15(16,17)18)9-4-5-25-12(9)6-20-14(19)23-25/h2-6H,7H2,1H3,(H2,19,23). The van der Waals surface area contributed by atoms with Gasteiger partial charge in [0.05, 0.1) is 17.4 Å². The molecule has 4 heterocycles. The van der Waals surface area contributed by atoms with E-state index >= 15 is 0 Å². The topological polar surface area (TPSA) is 86.9 Å². The molecule has 0 saturated carbocycles. The van der Waals surface area contributed by atoms with Gasteiger partial charge in [0.2, 0.25) is 5.95 Å². The van der Waals surface area contributed by atoms with Crippen LogP contribution in [-0.2, 0) is 6.54 Å². The fourth-order valence-electron chi connectivity index (χ4n) is 2.76. The van der Waals surface area contributed by atoms with Gasteiger partial charge < -0.3 is 10.3 Å². The molecular formula is C15H12F3N7. The maximum Gasteiger partial charge on any atom is 0.406 e.